The van der Waals surface area contributed by atoms with E-state index in [1.54, 1.807) is 18.2 Å². The third kappa shape index (κ3) is 3.77. The average molecular weight is 397 g/mol. The van der Waals surface area contributed by atoms with Gasteiger partial charge >= 0.3 is 11.9 Å². The van der Waals surface area contributed by atoms with E-state index in [0.29, 0.717) is 40.6 Å². The van der Waals surface area contributed by atoms with Crippen LogP contribution in [0.3, 0.4) is 0 Å². The Balaban J connectivity index is 2.06. The van der Waals surface area contributed by atoms with Gasteiger partial charge in [0.05, 0.1) is 5.02 Å². The number of unbranched alkanes of at least 4 members (excludes halogenated alkanes) is 1. The highest BCUT2D eigenvalue weighted by atomic mass is 35.5. The highest BCUT2D eigenvalue weighted by Gasteiger charge is 2.51. The first-order valence-electron chi connectivity index (χ1n) is 9.11. The molecule has 0 bridgehead atoms. The topological polar surface area (TPSA) is 52.6 Å². The van der Waals surface area contributed by atoms with Gasteiger partial charge < -0.3 is 9.47 Å². The predicted molar refractivity (Wildman–Crippen MR) is 101 cm³/mol. The van der Waals surface area contributed by atoms with E-state index < -0.39 is 11.6 Å². The molecule has 0 saturated heterocycles. The lowest BCUT2D eigenvalue weighted by Crippen LogP contribution is -2.36. The van der Waals surface area contributed by atoms with Gasteiger partial charge in [-0.3, -0.25) is 4.79 Å². The fourth-order valence-electron chi connectivity index (χ4n) is 3.60. The molecule has 26 heavy (non-hydrogen) atoms. The van der Waals surface area contributed by atoms with Crippen LogP contribution in [-0.2, 0) is 19.1 Å². The van der Waals surface area contributed by atoms with Crippen molar-refractivity contribution in [2.24, 2.45) is 0 Å². The molecule has 6 heteroatoms. The van der Waals surface area contributed by atoms with Crippen molar-refractivity contribution in [2.75, 3.05) is 0 Å². The van der Waals surface area contributed by atoms with Crippen molar-refractivity contribution >= 4 is 40.7 Å². The van der Waals surface area contributed by atoms with Crippen molar-refractivity contribution in [3.05, 3.63) is 39.6 Å². The van der Waals surface area contributed by atoms with Gasteiger partial charge in [0.2, 0.25) is 0 Å². The summed E-state index contributed by atoms with van der Waals surface area (Å²) in [6.07, 6.45) is 6.18. The minimum Gasteiger partial charge on any atom is -0.447 e. The van der Waals surface area contributed by atoms with Gasteiger partial charge in [-0.2, -0.15) is 0 Å². The molecule has 1 aromatic rings. The van der Waals surface area contributed by atoms with E-state index in [1.807, 2.05) is 6.92 Å². The average Bonchev–Trinajstić information content (AvgIpc) is 2.85. The molecular weight excluding hydrogens is 375 g/mol. The zero-order chi connectivity index (χ0) is 18.7. The number of halogens is 2. The second kappa shape index (κ2) is 8.01. The number of hydrogen-bond donors (Lipinski definition) is 0. The highest BCUT2D eigenvalue weighted by molar-refractivity contribution is 6.37. The molecule has 0 atom stereocenters. The zero-order valence-corrected chi connectivity index (χ0v) is 16.3. The Bertz CT molecular complexity index is 748. The first-order chi connectivity index (χ1) is 12.5. The molecule has 140 valence electrons. The van der Waals surface area contributed by atoms with E-state index in [2.05, 4.69) is 0 Å². The molecule has 1 fully saturated rings. The van der Waals surface area contributed by atoms with Crippen LogP contribution in [0.25, 0.3) is 5.57 Å². The third-order valence-corrected chi connectivity index (χ3v) is 5.49. The summed E-state index contributed by atoms with van der Waals surface area (Å²) < 4.78 is 11.5. The smallest absolute Gasteiger partial charge is 0.343 e. The standard InChI is InChI=1S/C20H22Cl2O4/c1-2-3-7-16(23)25-18-17(14-9-8-13(21)12-15(14)22)19(24)26-20(18)10-5-4-6-11-20/h8-9,12H,2-7,10-11H2,1H3. The Hall–Kier alpha value is -1.52. The van der Waals surface area contributed by atoms with Crippen LogP contribution >= 0.6 is 23.2 Å². The maximum atomic E-state index is 12.7. The van der Waals surface area contributed by atoms with Gasteiger partial charge in [0.25, 0.3) is 0 Å². The van der Waals surface area contributed by atoms with E-state index in [-0.39, 0.29) is 11.5 Å². The van der Waals surface area contributed by atoms with Gasteiger partial charge in [-0.15, -0.1) is 0 Å². The zero-order valence-electron chi connectivity index (χ0n) is 14.8. The fourth-order valence-corrected chi connectivity index (χ4v) is 4.10. The Morgan fingerprint density at radius 3 is 2.62 bits per heavy atom. The first kappa shape index (κ1) is 19.2. The lowest BCUT2D eigenvalue weighted by molar-refractivity contribution is -0.155. The molecule has 4 nitrogen and oxygen atoms in total. The van der Waals surface area contributed by atoms with Crippen LogP contribution in [0, 0.1) is 0 Å². The van der Waals surface area contributed by atoms with Crippen LogP contribution < -0.4 is 0 Å². The lowest BCUT2D eigenvalue weighted by Gasteiger charge is -2.33. The number of benzene rings is 1. The second-order valence-corrected chi connectivity index (χ2v) is 7.69. The second-order valence-electron chi connectivity index (χ2n) is 6.85. The SMILES string of the molecule is CCCCC(=O)OC1=C(c2ccc(Cl)cc2Cl)C(=O)OC12CCCCC2. The summed E-state index contributed by atoms with van der Waals surface area (Å²) in [5.41, 5.74) is -0.115. The summed E-state index contributed by atoms with van der Waals surface area (Å²) in [4.78, 5) is 25.1. The highest BCUT2D eigenvalue weighted by Crippen LogP contribution is 2.48. The van der Waals surface area contributed by atoms with E-state index in [4.69, 9.17) is 32.7 Å². The summed E-state index contributed by atoms with van der Waals surface area (Å²) in [6.45, 7) is 2.01. The number of hydrogen-bond acceptors (Lipinski definition) is 4. The Morgan fingerprint density at radius 1 is 1.23 bits per heavy atom. The predicted octanol–water partition coefficient (Wildman–Crippen LogP) is 5.70. The van der Waals surface area contributed by atoms with Crippen molar-refractivity contribution in [1.29, 1.82) is 0 Å². The van der Waals surface area contributed by atoms with Crippen LogP contribution in [0.15, 0.2) is 24.0 Å². The quantitative estimate of drug-likeness (QED) is 0.599. The van der Waals surface area contributed by atoms with Crippen molar-refractivity contribution in [2.45, 2.75) is 63.9 Å². The molecule has 1 aliphatic carbocycles. The Morgan fingerprint density at radius 2 is 1.96 bits per heavy atom. The maximum Gasteiger partial charge on any atom is 0.343 e. The number of ether oxygens (including phenoxy) is 2. The van der Waals surface area contributed by atoms with Crippen LogP contribution in [0.4, 0.5) is 0 Å². The van der Waals surface area contributed by atoms with E-state index >= 15 is 0 Å². The van der Waals surface area contributed by atoms with Crippen LogP contribution in [0.5, 0.6) is 0 Å². The third-order valence-electron chi connectivity index (χ3n) is 4.95. The minimum atomic E-state index is -0.852. The molecule has 0 unspecified atom stereocenters. The Kier molecular flexibility index (Phi) is 5.93. The summed E-state index contributed by atoms with van der Waals surface area (Å²) in [5, 5.41) is 0.805. The first-order valence-corrected chi connectivity index (χ1v) is 9.86. The molecule has 1 aromatic carbocycles. The van der Waals surface area contributed by atoms with Gasteiger partial charge in [0.1, 0.15) is 5.57 Å². The molecular formula is C20H22Cl2O4. The van der Waals surface area contributed by atoms with Crippen molar-refractivity contribution in [3.63, 3.8) is 0 Å². The molecule has 1 aliphatic heterocycles. The van der Waals surface area contributed by atoms with Crippen LogP contribution in [0.1, 0.15) is 63.9 Å². The van der Waals surface area contributed by atoms with Crippen molar-refractivity contribution in [3.8, 4) is 0 Å². The maximum absolute atomic E-state index is 12.7. The van der Waals surface area contributed by atoms with Crippen molar-refractivity contribution in [1.82, 2.24) is 0 Å². The summed E-state index contributed by atoms with van der Waals surface area (Å²) in [5.74, 6) is -0.505. The summed E-state index contributed by atoms with van der Waals surface area (Å²) >= 11 is 12.3. The molecule has 0 N–H and O–H groups in total. The van der Waals surface area contributed by atoms with Gasteiger partial charge in [-0.05, 0) is 44.2 Å². The van der Waals surface area contributed by atoms with Gasteiger partial charge in [0, 0.05) is 17.0 Å². The Labute approximate surface area is 163 Å². The summed E-state index contributed by atoms with van der Waals surface area (Å²) in [6, 6.07) is 4.90. The number of esters is 2. The molecule has 0 amide bonds. The van der Waals surface area contributed by atoms with E-state index in [9.17, 15) is 9.59 Å². The van der Waals surface area contributed by atoms with E-state index in [1.165, 1.54) is 0 Å². The molecule has 1 spiro atoms. The van der Waals surface area contributed by atoms with Gasteiger partial charge in [-0.25, -0.2) is 4.79 Å². The lowest BCUT2D eigenvalue weighted by atomic mass is 9.82. The fraction of sp³-hybridized carbons (Fsp3) is 0.500. The van der Waals surface area contributed by atoms with Crippen LogP contribution in [0.2, 0.25) is 10.0 Å². The van der Waals surface area contributed by atoms with Crippen LogP contribution in [-0.4, -0.2) is 17.5 Å². The van der Waals surface area contributed by atoms with Gasteiger partial charge in [-0.1, -0.05) is 49.0 Å². The molecule has 0 radical (unpaired) electrons. The number of rotatable bonds is 5. The summed E-state index contributed by atoms with van der Waals surface area (Å²) in [7, 11) is 0. The largest absolute Gasteiger partial charge is 0.447 e. The normalized spacial score (nSPS) is 19.0. The van der Waals surface area contributed by atoms with E-state index in [0.717, 1.165) is 32.1 Å². The molecule has 2 aliphatic rings. The number of carbonyl (C=O) groups is 2. The molecule has 3 rings (SSSR count). The van der Waals surface area contributed by atoms with Gasteiger partial charge in [0.15, 0.2) is 11.4 Å². The molecule has 1 saturated carbocycles. The minimum absolute atomic E-state index is 0.249. The molecule has 1 heterocycles. The monoisotopic (exact) mass is 396 g/mol. The molecule has 0 aromatic heterocycles. The number of carbonyl (C=O) groups excluding carboxylic acids is 2. The van der Waals surface area contributed by atoms with Crippen molar-refractivity contribution < 1.29 is 19.1 Å².